The molecular weight excluding hydrogens is 1670 g/mol. The monoisotopic (exact) mass is 1730 g/mol. The van der Waals surface area contributed by atoms with Crippen molar-refractivity contribution in [2.45, 2.75) is 26.9 Å². The number of imidazole rings is 3. The van der Waals surface area contributed by atoms with Gasteiger partial charge in [-0.15, -0.1) is 95.6 Å². The maximum Gasteiger partial charge on any atom is 0.296 e. The summed E-state index contributed by atoms with van der Waals surface area (Å²) in [5.41, 5.74) is 21.5. The van der Waals surface area contributed by atoms with E-state index in [-0.39, 0.29) is 51.8 Å². The van der Waals surface area contributed by atoms with E-state index in [1.165, 1.54) is 118 Å². The molecule has 0 spiro atoms. The van der Waals surface area contributed by atoms with Gasteiger partial charge < -0.3 is 19.6 Å². The van der Waals surface area contributed by atoms with Crippen molar-refractivity contribution in [2.75, 3.05) is 0 Å². The number of carbonyl (C=O) groups excluding carboxylic acids is 1. The quantitative estimate of drug-likeness (QED) is 0.0588. The van der Waals surface area contributed by atoms with E-state index in [1.54, 1.807) is 6.20 Å². The van der Waals surface area contributed by atoms with Crippen LogP contribution in [-0.2, 0) is 58.1 Å². The molecule has 0 amide bonds. The van der Waals surface area contributed by atoms with Gasteiger partial charge in [-0.2, -0.15) is 20.3 Å². The van der Waals surface area contributed by atoms with Gasteiger partial charge in [-0.05, 0) is 126 Å². The van der Waals surface area contributed by atoms with Crippen LogP contribution in [-0.4, -0.2) is 39.4 Å². The number of allylic oxidation sites excluding steroid dienone is 2. The molecule has 9 heterocycles. The summed E-state index contributed by atoms with van der Waals surface area (Å²) in [6.07, 6.45) is 4.78. The number of aromatic nitrogens is 8. The minimum atomic E-state index is -0.125. The van der Waals surface area contributed by atoms with Crippen molar-refractivity contribution in [3.8, 4) is 56.7 Å². The number of carbonyl (C=O) groups is 1. The van der Waals surface area contributed by atoms with Gasteiger partial charge in [-0.3, -0.25) is 9.78 Å². The van der Waals surface area contributed by atoms with E-state index in [0.29, 0.717) is 0 Å². The van der Waals surface area contributed by atoms with Crippen molar-refractivity contribution < 1.29 is 59.2 Å². The van der Waals surface area contributed by atoms with Gasteiger partial charge in [0.05, 0.1) is 33.6 Å². The molecule has 13 heteroatoms. The Bertz CT molecular complexity index is 6260. The zero-order valence-corrected chi connectivity index (χ0v) is 62.9. The minimum absolute atomic E-state index is 0. The fraction of sp³-hybridized carbons (Fsp3) is 0.0435. The number of benzene rings is 12. The molecule has 2 aliphatic rings. The number of ketones is 1. The molecule has 1 N–H and O–H groups in total. The third-order valence-corrected chi connectivity index (χ3v) is 19.6. The van der Waals surface area contributed by atoms with E-state index in [1.807, 2.05) is 145 Å². The molecule has 512 valence electrons. The first kappa shape index (κ1) is 70.1. The molecule has 10 nitrogen and oxygen atoms in total. The van der Waals surface area contributed by atoms with Crippen molar-refractivity contribution in [1.82, 2.24) is 28.5 Å². The number of rotatable bonds is 6. The van der Waals surface area contributed by atoms with E-state index in [2.05, 4.69) is 245 Å². The summed E-state index contributed by atoms with van der Waals surface area (Å²) >= 11 is 1.81. The topological polar surface area (TPSA) is 98.0 Å². The number of hydrogen-bond acceptors (Lipinski definition) is 6. The van der Waals surface area contributed by atoms with Crippen molar-refractivity contribution in [2.24, 2.45) is 0 Å². The molecule has 2 aliphatic heterocycles. The number of hydrogen-bond donors (Lipinski definition) is 1. The molecule has 0 aliphatic carbocycles. The van der Waals surface area contributed by atoms with Gasteiger partial charge in [0.2, 0.25) is 0 Å². The number of fused-ring (bicyclic) bond motifs is 15. The molecule has 2 radical (unpaired) electrons. The number of aliphatic hydroxyl groups is 1. The van der Waals surface area contributed by atoms with Crippen molar-refractivity contribution in [3.63, 3.8) is 0 Å². The average Bonchev–Trinajstić information content (AvgIpc) is 1.54. The summed E-state index contributed by atoms with van der Waals surface area (Å²) in [5.74, 6) is 2.14. The predicted molar refractivity (Wildman–Crippen MR) is 420 cm³/mol. The van der Waals surface area contributed by atoms with Crippen molar-refractivity contribution >= 4 is 97.7 Å². The third kappa shape index (κ3) is 14.1. The molecule has 0 saturated heterocycles. The number of para-hydroxylation sites is 9. The summed E-state index contributed by atoms with van der Waals surface area (Å²) in [6, 6.07) is 121. The molecule has 12 aromatic carbocycles. The van der Waals surface area contributed by atoms with Gasteiger partial charge in [-0.25, -0.2) is 9.13 Å². The fourth-order valence-corrected chi connectivity index (χ4v) is 15.3. The number of pyridine rings is 3. The van der Waals surface area contributed by atoms with Gasteiger partial charge in [0.15, 0.2) is 27.9 Å². The van der Waals surface area contributed by atoms with Gasteiger partial charge in [0.25, 0.3) is 11.5 Å². The van der Waals surface area contributed by atoms with Crippen LogP contribution in [0, 0.1) is 18.2 Å². The Hall–Kier alpha value is -11.9. The molecule has 0 fully saturated rings. The maximum atomic E-state index is 10.0. The Morgan fingerprint density at radius 1 is 0.457 bits per heavy atom. The Morgan fingerprint density at radius 3 is 1.69 bits per heavy atom. The van der Waals surface area contributed by atoms with Crippen LogP contribution in [0.2, 0.25) is 0 Å². The van der Waals surface area contributed by atoms with Crippen molar-refractivity contribution in [3.05, 3.63) is 375 Å². The molecule has 7 aromatic heterocycles. The second kappa shape index (κ2) is 31.8. The summed E-state index contributed by atoms with van der Waals surface area (Å²) in [6.45, 7) is 4.77. The molecule has 0 bridgehead atoms. The SMILES string of the molecule is CC(=O)C=C(C)O.[Ir].[Ir].[c-]1ccc2c(sc3ccccc32)c1-c1ccccn1.[c-]1ccccc1-c1ccccn1.[c-]1ccccc1-c1nc2ccccc2n1-c1ccccc1.c1cc2c3c(c1)c1ccccc1n1c4ccccc4[n+](c31)C2.c1ccc(-n2c3[n+](c4ccccc42)Cc2ccccc2-3)cc1. The van der Waals surface area contributed by atoms with Crippen LogP contribution in [0.1, 0.15) is 25.0 Å². The second-order valence-electron chi connectivity index (χ2n) is 25.0. The first-order chi connectivity index (χ1) is 50.8. The van der Waals surface area contributed by atoms with Crippen LogP contribution in [0.15, 0.2) is 346 Å². The van der Waals surface area contributed by atoms with Crippen molar-refractivity contribution in [1.29, 1.82) is 0 Å². The first-order valence-electron chi connectivity index (χ1n) is 34.2. The Kier molecular flexibility index (Phi) is 21.2. The average molecular weight is 1730 g/mol. The first-order valence-corrected chi connectivity index (χ1v) is 35.1. The molecular formula is C92H67Ir2N8O2S-. The van der Waals surface area contributed by atoms with Gasteiger partial charge in [-0.1, -0.05) is 175 Å². The standard InChI is InChI=1S/C20H13N2.C20H15N2.C19H13N2.C17H10NS.C11H8N.C5H8O2.2Ir/c1-2-9-16-14(7-1)15-8-5-6-13-12-21-17-10-3-4-11-18(17)22(16)20(21)19(13)15;1-2-9-16(10-3-1)22-19-13-7-6-12-18(19)21-14-15-8-4-5-11-17(15)20(21)22;1-3-9-15(10-4-1)19-20-17-13-7-8-14-18(17)21(19)16-11-5-2-6-12-16;1-2-10-16-12(6-1)13-7-5-8-14(17(13)19-16)15-9-3-4-11-18-15;1-2-6-10(7-3-1)11-8-4-5-9-12-11;1-4(6)3-5(2)7;;/h1-11H,12H2;1-13H,14H2;1-9,11-14H;1-7,9-11H;1-6,8-9H;3,6H,1-2H3;;/q2*+1;3*-1;;;. The van der Waals surface area contributed by atoms with Crippen LogP contribution in [0.25, 0.3) is 137 Å². The largest absolute Gasteiger partial charge is 0.512 e. The number of thiophene rings is 1. The molecule has 19 aromatic rings. The summed E-state index contributed by atoms with van der Waals surface area (Å²) in [7, 11) is 0. The predicted octanol–water partition coefficient (Wildman–Crippen LogP) is 21.0. The van der Waals surface area contributed by atoms with E-state index in [0.717, 1.165) is 63.7 Å². The summed E-state index contributed by atoms with van der Waals surface area (Å²) in [4.78, 5) is 23.5. The summed E-state index contributed by atoms with van der Waals surface area (Å²) in [5, 5.41) is 15.1. The van der Waals surface area contributed by atoms with E-state index < -0.39 is 0 Å². The zero-order valence-electron chi connectivity index (χ0n) is 57.3. The Balaban J connectivity index is 0.000000109. The van der Waals surface area contributed by atoms with Crippen LogP contribution in [0.4, 0.5) is 0 Å². The maximum absolute atomic E-state index is 10.0. The second-order valence-corrected chi connectivity index (χ2v) is 26.0. The summed E-state index contributed by atoms with van der Waals surface area (Å²) < 4.78 is 14.5. The number of aliphatic hydroxyl groups excluding tert-OH is 1. The van der Waals surface area contributed by atoms with Crippen LogP contribution in [0.3, 0.4) is 0 Å². The van der Waals surface area contributed by atoms with E-state index in [4.69, 9.17) is 10.1 Å². The minimum Gasteiger partial charge on any atom is -0.512 e. The normalized spacial score (nSPS) is 11.4. The van der Waals surface area contributed by atoms with Crippen LogP contribution >= 0.6 is 11.3 Å². The van der Waals surface area contributed by atoms with Crippen LogP contribution in [0.5, 0.6) is 0 Å². The Morgan fingerprint density at radius 2 is 1.01 bits per heavy atom. The molecule has 0 unspecified atom stereocenters. The zero-order chi connectivity index (χ0) is 69.6. The van der Waals surface area contributed by atoms with Gasteiger partial charge in [0.1, 0.15) is 24.3 Å². The number of nitrogens with zero attached hydrogens (tertiary/aromatic N) is 8. The van der Waals surface area contributed by atoms with Gasteiger partial charge >= 0.3 is 0 Å². The Labute approximate surface area is 639 Å². The van der Waals surface area contributed by atoms with Crippen LogP contribution < -0.4 is 9.13 Å². The molecule has 0 saturated carbocycles. The van der Waals surface area contributed by atoms with E-state index >= 15 is 0 Å². The molecule has 0 atom stereocenters. The van der Waals surface area contributed by atoms with Gasteiger partial charge in [0, 0.05) is 91.0 Å². The third-order valence-electron chi connectivity index (χ3n) is 18.3. The smallest absolute Gasteiger partial charge is 0.296 e. The fourth-order valence-electron chi connectivity index (χ4n) is 14.0. The molecule has 105 heavy (non-hydrogen) atoms. The molecule has 21 rings (SSSR count). The van der Waals surface area contributed by atoms with E-state index in [9.17, 15) is 4.79 Å².